The van der Waals surface area contributed by atoms with E-state index in [0.717, 1.165) is 69.1 Å². The third-order valence-electron chi connectivity index (χ3n) is 8.99. The van der Waals surface area contributed by atoms with Gasteiger partial charge >= 0.3 is 5.97 Å². The van der Waals surface area contributed by atoms with Crippen LogP contribution in [0.15, 0.2) is 53.9 Å². The zero-order valence-electron chi connectivity index (χ0n) is 26.0. The molecule has 1 fully saturated rings. The fourth-order valence-corrected chi connectivity index (χ4v) is 6.63. The maximum atomic E-state index is 11.7. The molecule has 1 saturated heterocycles. The van der Waals surface area contributed by atoms with Crippen molar-refractivity contribution in [2.75, 3.05) is 32.9 Å². The van der Waals surface area contributed by atoms with Gasteiger partial charge in [-0.15, -0.1) is 0 Å². The maximum absolute atomic E-state index is 11.7. The Morgan fingerprint density at radius 3 is 2.84 bits per heavy atom. The summed E-state index contributed by atoms with van der Waals surface area (Å²) in [6, 6.07) is 10.2. The normalized spacial score (nSPS) is 19.0. The lowest BCUT2D eigenvalue weighted by atomic mass is 9.91. The molecule has 0 amide bonds. The van der Waals surface area contributed by atoms with Gasteiger partial charge in [0.2, 0.25) is 5.88 Å². The number of ether oxygens (including phenoxy) is 3. The van der Waals surface area contributed by atoms with Crippen LogP contribution in [0.5, 0.6) is 5.88 Å². The lowest BCUT2D eigenvalue weighted by Crippen LogP contribution is -2.37. The van der Waals surface area contributed by atoms with Gasteiger partial charge in [-0.05, 0) is 98.8 Å². The molecular formula is C35H42N4O5. The molecule has 1 aromatic carbocycles. The highest BCUT2D eigenvalue weighted by Crippen LogP contribution is 2.35. The van der Waals surface area contributed by atoms with Crippen LogP contribution < -0.4 is 4.74 Å². The van der Waals surface area contributed by atoms with Crippen molar-refractivity contribution >= 4 is 11.5 Å². The summed E-state index contributed by atoms with van der Waals surface area (Å²) in [6.45, 7) is 12.0. The van der Waals surface area contributed by atoms with Crippen molar-refractivity contribution in [2.45, 2.75) is 66.0 Å². The van der Waals surface area contributed by atoms with Crippen molar-refractivity contribution in [3.8, 4) is 11.7 Å². The quantitative estimate of drug-likeness (QED) is 0.298. The number of carbonyl (C=O) groups is 1. The average molecular weight is 599 g/mol. The summed E-state index contributed by atoms with van der Waals surface area (Å²) in [5.74, 6) is 1.06. The predicted molar refractivity (Wildman–Crippen MR) is 168 cm³/mol. The van der Waals surface area contributed by atoms with E-state index < -0.39 is 5.97 Å². The number of allylic oxidation sites excluding steroid dienone is 3. The number of hydrogen-bond acceptors (Lipinski definition) is 7. The molecule has 1 atom stereocenters. The third-order valence-corrected chi connectivity index (χ3v) is 8.99. The second-order valence-corrected chi connectivity index (χ2v) is 12.0. The fraction of sp³-hybridized carbons (Fsp3) is 0.457. The van der Waals surface area contributed by atoms with Crippen LogP contribution >= 0.6 is 0 Å². The number of fused-ring (bicyclic) bond motifs is 1. The van der Waals surface area contributed by atoms with Crippen LogP contribution in [0.1, 0.15) is 77.8 Å². The molecule has 1 aliphatic carbocycles. The smallest absolute Gasteiger partial charge is 0.342 e. The van der Waals surface area contributed by atoms with Crippen molar-refractivity contribution in [3.05, 3.63) is 87.4 Å². The van der Waals surface area contributed by atoms with Gasteiger partial charge in [0.25, 0.3) is 0 Å². The molecule has 44 heavy (non-hydrogen) atoms. The number of aromatic carboxylic acids is 1. The minimum Gasteiger partial charge on any atom is -0.488 e. The number of benzene rings is 1. The van der Waals surface area contributed by atoms with Crippen molar-refractivity contribution in [1.82, 2.24) is 19.7 Å². The van der Waals surface area contributed by atoms with Gasteiger partial charge in [-0.1, -0.05) is 24.3 Å². The Balaban J connectivity index is 1.18. The minimum absolute atomic E-state index is 0.00245. The van der Waals surface area contributed by atoms with Gasteiger partial charge in [-0.3, -0.25) is 4.90 Å². The first-order valence-corrected chi connectivity index (χ1v) is 15.8. The second-order valence-electron chi connectivity index (χ2n) is 12.0. The van der Waals surface area contributed by atoms with E-state index in [1.54, 1.807) is 6.07 Å². The Morgan fingerprint density at radius 2 is 2.05 bits per heavy atom. The Hall–Kier alpha value is -3.95. The van der Waals surface area contributed by atoms with E-state index >= 15 is 0 Å². The number of rotatable bonds is 10. The Morgan fingerprint density at radius 1 is 1.16 bits per heavy atom. The zero-order chi connectivity index (χ0) is 30.6. The van der Waals surface area contributed by atoms with Crippen molar-refractivity contribution in [2.24, 2.45) is 5.92 Å². The molecule has 9 heteroatoms. The van der Waals surface area contributed by atoms with Crippen LogP contribution in [0.25, 0.3) is 11.4 Å². The maximum Gasteiger partial charge on any atom is 0.342 e. The van der Waals surface area contributed by atoms with E-state index in [2.05, 4.69) is 42.1 Å². The van der Waals surface area contributed by atoms with Crippen molar-refractivity contribution < 1.29 is 24.1 Å². The van der Waals surface area contributed by atoms with Crippen molar-refractivity contribution in [3.63, 3.8) is 0 Å². The molecule has 2 aliphatic heterocycles. The van der Waals surface area contributed by atoms with Gasteiger partial charge in [-0.25, -0.2) is 9.78 Å². The molecule has 2 aromatic heterocycles. The monoisotopic (exact) mass is 598 g/mol. The Labute approximate surface area is 259 Å². The molecule has 4 heterocycles. The molecule has 3 aliphatic rings. The fourth-order valence-electron chi connectivity index (χ4n) is 6.63. The van der Waals surface area contributed by atoms with E-state index in [4.69, 9.17) is 19.2 Å². The molecule has 3 aromatic rings. The number of carboxylic acids is 1. The van der Waals surface area contributed by atoms with Gasteiger partial charge in [0.15, 0.2) is 5.82 Å². The van der Waals surface area contributed by atoms with Gasteiger partial charge in [-0.2, -0.15) is 9.78 Å². The van der Waals surface area contributed by atoms with E-state index in [0.29, 0.717) is 24.9 Å². The topological polar surface area (TPSA) is 98.9 Å². The summed E-state index contributed by atoms with van der Waals surface area (Å²) >= 11 is 0. The summed E-state index contributed by atoms with van der Waals surface area (Å²) in [4.78, 5) is 19.2. The molecule has 0 bridgehead atoms. The Kier molecular flexibility index (Phi) is 9.14. The molecule has 1 N–H and O–H groups in total. The van der Waals surface area contributed by atoms with Crippen LogP contribution in [0.3, 0.4) is 0 Å². The first-order chi connectivity index (χ1) is 21.4. The molecule has 232 valence electrons. The predicted octanol–water partition coefficient (Wildman–Crippen LogP) is 6.13. The standard InChI is InChI=1S/C35H42N4O5/c1-4-43-34-30(35(40)41)18-36-39(34)32-12-6-11-31(37-32)29-10-5-8-23(2)33(29)44-22-27-14-13-26-20-38(16-15-28(26)24(27)3)19-25-9-7-17-42-21-25/h6,10-14,18,25H,4-5,7-9,15-17,19-22H2,1-3H3,(H,40,41)/t25-/m1/s1. The highest BCUT2D eigenvalue weighted by molar-refractivity contribution is 5.90. The first-order valence-electron chi connectivity index (χ1n) is 15.8. The summed E-state index contributed by atoms with van der Waals surface area (Å²) in [7, 11) is 0. The highest BCUT2D eigenvalue weighted by Gasteiger charge is 2.25. The summed E-state index contributed by atoms with van der Waals surface area (Å²) in [5, 5.41) is 13.9. The van der Waals surface area contributed by atoms with Crippen LogP contribution in [0.2, 0.25) is 0 Å². The van der Waals surface area contributed by atoms with Crippen LogP contribution in [0, 0.1) is 12.8 Å². The van der Waals surface area contributed by atoms with E-state index in [9.17, 15) is 9.90 Å². The Bertz CT molecular complexity index is 1580. The lowest BCUT2D eigenvalue weighted by molar-refractivity contribution is 0.0364. The van der Waals surface area contributed by atoms with Crippen LogP contribution in [-0.4, -0.2) is 63.7 Å². The third kappa shape index (κ3) is 6.30. The van der Waals surface area contributed by atoms with E-state index in [1.165, 1.54) is 51.5 Å². The molecule has 0 unspecified atom stereocenters. The van der Waals surface area contributed by atoms with Gasteiger partial charge in [0.05, 0.1) is 25.1 Å². The largest absolute Gasteiger partial charge is 0.488 e. The number of pyridine rings is 1. The zero-order valence-corrected chi connectivity index (χ0v) is 26.0. The number of nitrogens with zero attached hydrogens (tertiary/aromatic N) is 4. The molecule has 9 nitrogen and oxygen atoms in total. The number of hydrogen-bond donors (Lipinski definition) is 1. The SMILES string of the molecule is CCOc1c(C(=O)O)cnn1-c1cccc(C2=CCCC(C)=C2OCc2ccc3c(c2C)CCN(C[C@H]2CCCOC2)C3)n1. The molecule has 6 rings (SSSR count). The minimum atomic E-state index is -1.09. The van der Waals surface area contributed by atoms with E-state index in [1.807, 2.05) is 19.1 Å². The highest BCUT2D eigenvalue weighted by atomic mass is 16.5. The van der Waals surface area contributed by atoms with Crippen LogP contribution in [0.4, 0.5) is 0 Å². The first kappa shape index (κ1) is 30.1. The molecule has 0 saturated carbocycles. The lowest BCUT2D eigenvalue weighted by Gasteiger charge is -2.34. The second kappa shape index (κ2) is 13.4. The molecular weight excluding hydrogens is 556 g/mol. The van der Waals surface area contributed by atoms with Gasteiger partial charge < -0.3 is 19.3 Å². The van der Waals surface area contributed by atoms with Crippen LogP contribution in [-0.2, 0) is 29.0 Å². The number of aromatic nitrogens is 3. The van der Waals surface area contributed by atoms with Gasteiger partial charge in [0, 0.05) is 31.8 Å². The number of carboxylic acid groups (broad SMARTS) is 1. The summed E-state index contributed by atoms with van der Waals surface area (Å²) in [5.41, 5.74) is 8.32. The molecule has 0 radical (unpaired) electrons. The van der Waals surface area contributed by atoms with Crippen molar-refractivity contribution in [1.29, 1.82) is 0 Å². The van der Waals surface area contributed by atoms with E-state index in [-0.39, 0.29) is 11.4 Å². The average Bonchev–Trinajstić information content (AvgIpc) is 3.46. The van der Waals surface area contributed by atoms with Gasteiger partial charge in [0.1, 0.15) is 17.9 Å². The molecule has 0 spiro atoms. The summed E-state index contributed by atoms with van der Waals surface area (Å²) < 4.78 is 19.4. The summed E-state index contributed by atoms with van der Waals surface area (Å²) in [6.07, 6.45) is 8.81.